The number of halogens is 1. The maximum atomic E-state index is 5.70. The van der Waals surface area contributed by atoms with Crippen LogP contribution in [-0.4, -0.2) is 30.9 Å². The number of hydrogen-bond acceptors (Lipinski definition) is 1. The molecule has 0 aromatic carbocycles. The largest absolute Gasteiger partial charge is 0.306 e. The molecule has 1 nitrogen and oxygen atoms in total. The molecule has 0 aliphatic carbocycles. The lowest BCUT2D eigenvalue weighted by molar-refractivity contribution is 0.249. The Bertz CT molecular complexity index is 91.6. The molecule has 0 aliphatic heterocycles. The van der Waals surface area contributed by atoms with Gasteiger partial charge in [0.25, 0.3) is 0 Å². The second-order valence-corrected chi connectivity index (χ2v) is 4.10. The third-order valence-corrected chi connectivity index (χ3v) is 2.13. The van der Waals surface area contributed by atoms with E-state index in [1.54, 1.807) is 0 Å². The van der Waals surface area contributed by atoms with Crippen molar-refractivity contribution in [3.63, 3.8) is 0 Å². The van der Waals surface area contributed by atoms with E-state index in [1.165, 1.54) is 6.42 Å². The summed E-state index contributed by atoms with van der Waals surface area (Å²) < 4.78 is 0. The molecule has 0 saturated heterocycles. The summed E-state index contributed by atoms with van der Waals surface area (Å²) in [6.45, 7) is 4.51. The molecule has 0 fully saturated rings. The highest BCUT2D eigenvalue weighted by molar-refractivity contribution is 6.17. The van der Waals surface area contributed by atoms with E-state index in [1.807, 2.05) is 0 Å². The normalized spacial score (nSPS) is 14.5. The van der Waals surface area contributed by atoms with Gasteiger partial charge in [-0.25, -0.2) is 0 Å². The van der Waals surface area contributed by atoms with Crippen molar-refractivity contribution in [1.29, 1.82) is 0 Å². The summed E-state index contributed by atoms with van der Waals surface area (Å²) in [7, 11) is 4.25. The molecule has 0 rings (SSSR count). The third-order valence-electron chi connectivity index (χ3n) is 1.92. The maximum absolute atomic E-state index is 5.70. The van der Waals surface area contributed by atoms with Gasteiger partial charge in [0.05, 0.1) is 0 Å². The van der Waals surface area contributed by atoms with Gasteiger partial charge in [0.15, 0.2) is 0 Å². The fourth-order valence-corrected chi connectivity index (χ4v) is 1.51. The minimum Gasteiger partial charge on any atom is -0.306 e. The van der Waals surface area contributed by atoms with Crippen molar-refractivity contribution in [2.24, 2.45) is 5.92 Å². The first-order valence-corrected chi connectivity index (χ1v) is 4.83. The Morgan fingerprint density at radius 2 is 1.82 bits per heavy atom. The molecule has 0 radical (unpaired) electrons. The quantitative estimate of drug-likeness (QED) is 0.584. The topological polar surface area (TPSA) is 3.24 Å². The molecule has 2 heteroatoms. The standard InChI is InChI=1S/C9H20ClN/c1-8(2)7-9(5-6-10)11(3)4/h8-9H,5-7H2,1-4H3. The van der Waals surface area contributed by atoms with Crippen LogP contribution in [0.5, 0.6) is 0 Å². The Balaban J connectivity index is 3.69. The number of rotatable bonds is 5. The zero-order chi connectivity index (χ0) is 8.85. The minimum absolute atomic E-state index is 0.660. The van der Waals surface area contributed by atoms with E-state index in [4.69, 9.17) is 11.6 Å². The van der Waals surface area contributed by atoms with Crippen molar-refractivity contribution < 1.29 is 0 Å². The fourth-order valence-electron chi connectivity index (χ4n) is 1.26. The molecule has 0 aromatic heterocycles. The molecule has 0 spiro atoms. The van der Waals surface area contributed by atoms with E-state index in [2.05, 4.69) is 32.8 Å². The van der Waals surface area contributed by atoms with Gasteiger partial charge in [0, 0.05) is 11.9 Å². The third kappa shape index (κ3) is 5.51. The summed E-state index contributed by atoms with van der Waals surface area (Å²) in [5, 5.41) is 0. The van der Waals surface area contributed by atoms with Crippen molar-refractivity contribution in [3.8, 4) is 0 Å². The van der Waals surface area contributed by atoms with Gasteiger partial charge in [-0.3, -0.25) is 0 Å². The van der Waals surface area contributed by atoms with E-state index >= 15 is 0 Å². The Kier molecular flexibility index (Phi) is 5.98. The molecule has 68 valence electrons. The van der Waals surface area contributed by atoms with Gasteiger partial charge in [-0.05, 0) is 32.9 Å². The van der Waals surface area contributed by atoms with Crippen LogP contribution in [0.15, 0.2) is 0 Å². The van der Waals surface area contributed by atoms with Gasteiger partial charge in [-0.15, -0.1) is 11.6 Å². The van der Waals surface area contributed by atoms with Crippen molar-refractivity contribution in [2.75, 3.05) is 20.0 Å². The molecule has 0 aromatic rings. The van der Waals surface area contributed by atoms with Gasteiger partial charge >= 0.3 is 0 Å². The van der Waals surface area contributed by atoms with Crippen LogP contribution in [0.2, 0.25) is 0 Å². The lowest BCUT2D eigenvalue weighted by Crippen LogP contribution is -2.29. The first-order valence-electron chi connectivity index (χ1n) is 4.30. The lowest BCUT2D eigenvalue weighted by atomic mass is 10.0. The Labute approximate surface area is 75.7 Å². The summed E-state index contributed by atoms with van der Waals surface area (Å²) in [5.74, 6) is 1.54. The summed E-state index contributed by atoms with van der Waals surface area (Å²) in [4.78, 5) is 2.27. The van der Waals surface area contributed by atoms with Crippen molar-refractivity contribution in [2.45, 2.75) is 32.7 Å². The van der Waals surface area contributed by atoms with Crippen LogP contribution in [0.25, 0.3) is 0 Å². The molecular formula is C9H20ClN. The Morgan fingerprint density at radius 3 is 2.09 bits per heavy atom. The van der Waals surface area contributed by atoms with Gasteiger partial charge in [0.2, 0.25) is 0 Å². The van der Waals surface area contributed by atoms with Crippen molar-refractivity contribution in [1.82, 2.24) is 4.90 Å². The molecule has 0 aliphatic rings. The van der Waals surface area contributed by atoms with Crippen molar-refractivity contribution >= 4 is 11.6 Å². The molecule has 0 bridgehead atoms. The van der Waals surface area contributed by atoms with Crippen LogP contribution in [0.1, 0.15) is 26.7 Å². The smallest absolute Gasteiger partial charge is 0.0238 e. The van der Waals surface area contributed by atoms with Crippen LogP contribution in [-0.2, 0) is 0 Å². The van der Waals surface area contributed by atoms with E-state index < -0.39 is 0 Å². The highest BCUT2D eigenvalue weighted by Crippen LogP contribution is 2.12. The number of hydrogen-bond donors (Lipinski definition) is 0. The highest BCUT2D eigenvalue weighted by Gasteiger charge is 2.11. The Hall–Kier alpha value is 0.250. The monoisotopic (exact) mass is 177 g/mol. The number of nitrogens with zero attached hydrogens (tertiary/aromatic N) is 1. The zero-order valence-corrected chi connectivity index (χ0v) is 8.86. The molecule has 0 heterocycles. The summed E-state index contributed by atoms with van der Waals surface area (Å²) in [5.41, 5.74) is 0. The Morgan fingerprint density at radius 1 is 1.27 bits per heavy atom. The van der Waals surface area contributed by atoms with Gasteiger partial charge in [-0.1, -0.05) is 13.8 Å². The van der Waals surface area contributed by atoms with Gasteiger partial charge in [0.1, 0.15) is 0 Å². The molecule has 1 unspecified atom stereocenters. The van der Waals surface area contributed by atoms with Gasteiger partial charge in [-0.2, -0.15) is 0 Å². The maximum Gasteiger partial charge on any atom is 0.0238 e. The zero-order valence-electron chi connectivity index (χ0n) is 8.10. The summed E-state index contributed by atoms with van der Waals surface area (Å²) >= 11 is 5.70. The second kappa shape index (κ2) is 5.84. The highest BCUT2D eigenvalue weighted by atomic mass is 35.5. The summed E-state index contributed by atoms with van der Waals surface area (Å²) in [6.07, 6.45) is 2.35. The lowest BCUT2D eigenvalue weighted by Gasteiger charge is -2.24. The van der Waals surface area contributed by atoms with E-state index in [9.17, 15) is 0 Å². The summed E-state index contributed by atoms with van der Waals surface area (Å²) in [6, 6.07) is 0.660. The first-order chi connectivity index (χ1) is 5.07. The number of alkyl halides is 1. The van der Waals surface area contributed by atoms with Gasteiger partial charge < -0.3 is 4.90 Å². The second-order valence-electron chi connectivity index (χ2n) is 3.72. The van der Waals surface area contributed by atoms with Crippen LogP contribution in [0.4, 0.5) is 0 Å². The van der Waals surface area contributed by atoms with Crippen LogP contribution in [0.3, 0.4) is 0 Å². The predicted octanol–water partition coefficient (Wildman–Crippen LogP) is 2.59. The molecular weight excluding hydrogens is 158 g/mol. The van der Waals surface area contributed by atoms with E-state index in [-0.39, 0.29) is 0 Å². The van der Waals surface area contributed by atoms with Crippen LogP contribution in [0, 0.1) is 5.92 Å². The predicted molar refractivity (Wildman–Crippen MR) is 52.3 cm³/mol. The first kappa shape index (κ1) is 11.2. The average molecular weight is 178 g/mol. The molecule has 0 amide bonds. The molecule has 0 saturated carbocycles. The molecule has 1 atom stereocenters. The molecule has 0 N–H and O–H groups in total. The minimum atomic E-state index is 0.660. The SMILES string of the molecule is CC(C)CC(CCCl)N(C)C. The van der Waals surface area contributed by atoms with Crippen molar-refractivity contribution in [3.05, 3.63) is 0 Å². The fraction of sp³-hybridized carbons (Fsp3) is 1.00. The van der Waals surface area contributed by atoms with E-state index in [0.717, 1.165) is 18.2 Å². The van der Waals surface area contributed by atoms with E-state index in [0.29, 0.717) is 6.04 Å². The van der Waals surface area contributed by atoms with Crippen LogP contribution >= 0.6 is 11.6 Å². The average Bonchev–Trinajstić information content (AvgIpc) is 1.86. The van der Waals surface area contributed by atoms with Crippen LogP contribution < -0.4 is 0 Å². The molecule has 11 heavy (non-hydrogen) atoms.